The zero-order chi connectivity index (χ0) is 16.9. The van der Waals surface area contributed by atoms with Crippen LogP contribution in [0.25, 0.3) is 0 Å². The number of hydrogen-bond donors (Lipinski definition) is 2. The third-order valence-corrected chi connectivity index (χ3v) is 4.42. The van der Waals surface area contributed by atoms with Crippen molar-refractivity contribution in [3.05, 3.63) is 41.5 Å². The van der Waals surface area contributed by atoms with Crippen molar-refractivity contribution in [2.75, 3.05) is 13.9 Å². The summed E-state index contributed by atoms with van der Waals surface area (Å²) in [6, 6.07) is 8.88. The van der Waals surface area contributed by atoms with Gasteiger partial charge >= 0.3 is 0 Å². The van der Waals surface area contributed by atoms with E-state index in [1.807, 2.05) is 18.2 Å². The predicted molar refractivity (Wildman–Crippen MR) is 84.9 cm³/mol. The smallest absolute Gasteiger partial charge is 0.231 e. The zero-order valence-corrected chi connectivity index (χ0v) is 13.4. The molecule has 0 spiro atoms. The second-order valence-electron chi connectivity index (χ2n) is 6.18. The van der Waals surface area contributed by atoms with Crippen molar-refractivity contribution in [2.45, 2.75) is 25.0 Å². The van der Waals surface area contributed by atoms with Crippen LogP contribution < -0.4 is 18.9 Å². The Morgan fingerprint density at radius 2 is 1.88 bits per heavy atom. The Balaban J connectivity index is 1.88. The van der Waals surface area contributed by atoms with Crippen molar-refractivity contribution in [2.24, 2.45) is 0 Å². The molecule has 0 amide bonds. The molecule has 0 saturated heterocycles. The zero-order valence-electron chi connectivity index (χ0n) is 13.4. The van der Waals surface area contributed by atoms with Crippen LogP contribution in [0, 0.1) is 0 Å². The summed E-state index contributed by atoms with van der Waals surface area (Å²) in [6.45, 7) is 1.76. The van der Waals surface area contributed by atoms with Gasteiger partial charge in [-0.1, -0.05) is 12.1 Å². The molecular formula is C18H18O6. The van der Waals surface area contributed by atoms with Crippen molar-refractivity contribution in [1.82, 2.24) is 0 Å². The number of ether oxygens (including phenoxy) is 4. The number of aliphatic hydroxyl groups is 1. The van der Waals surface area contributed by atoms with Crippen LogP contribution in [0.2, 0.25) is 0 Å². The lowest BCUT2D eigenvalue weighted by Gasteiger charge is -2.36. The van der Waals surface area contributed by atoms with Gasteiger partial charge in [0.2, 0.25) is 12.6 Å². The molecule has 6 nitrogen and oxygen atoms in total. The molecule has 2 atom stereocenters. The minimum atomic E-state index is -1.36. The van der Waals surface area contributed by atoms with Crippen molar-refractivity contribution < 1.29 is 29.2 Å². The highest BCUT2D eigenvalue weighted by atomic mass is 16.7. The van der Waals surface area contributed by atoms with Crippen LogP contribution in [0.3, 0.4) is 0 Å². The summed E-state index contributed by atoms with van der Waals surface area (Å²) in [5.41, 5.74) is 1.49. The van der Waals surface area contributed by atoms with Crippen LogP contribution >= 0.6 is 0 Å². The number of phenolic OH excluding ortho intramolecular Hbond substituents is 1. The molecule has 4 rings (SSSR count). The van der Waals surface area contributed by atoms with E-state index < -0.39 is 5.79 Å². The fourth-order valence-corrected chi connectivity index (χ4v) is 3.33. The number of methoxy groups -OCH3 is 1. The van der Waals surface area contributed by atoms with Gasteiger partial charge in [-0.25, -0.2) is 0 Å². The monoisotopic (exact) mass is 330 g/mol. The lowest BCUT2D eigenvalue weighted by Crippen LogP contribution is -2.38. The predicted octanol–water partition coefficient (Wildman–Crippen LogP) is 2.75. The molecule has 2 N–H and O–H groups in total. The first-order chi connectivity index (χ1) is 11.5. The molecule has 0 unspecified atom stereocenters. The van der Waals surface area contributed by atoms with Crippen LogP contribution in [0.15, 0.2) is 30.3 Å². The third-order valence-electron chi connectivity index (χ3n) is 4.42. The minimum absolute atomic E-state index is 0.0614. The first-order valence-electron chi connectivity index (χ1n) is 7.69. The number of fused-ring (bicyclic) bond motifs is 2. The number of phenols is 1. The normalized spacial score (nSPS) is 24.2. The number of rotatable bonds is 2. The summed E-state index contributed by atoms with van der Waals surface area (Å²) in [4.78, 5) is 0. The molecule has 0 saturated carbocycles. The summed E-state index contributed by atoms with van der Waals surface area (Å²) >= 11 is 0. The molecule has 2 heterocycles. The van der Waals surface area contributed by atoms with Crippen molar-refractivity contribution in [3.8, 4) is 28.7 Å². The van der Waals surface area contributed by atoms with Crippen LogP contribution in [0.1, 0.15) is 30.4 Å². The van der Waals surface area contributed by atoms with Crippen molar-refractivity contribution in [3.63, 3.8) is 0 Å². The second-order valence-corrected chi connectivity index (χ2v) is 6.18. The van der Waals surface area contributed by atoms with Crippen molar-refractivity contribution >= 4 is 0 Å². The Morgan fingerprint density at radius 3 is 2.62 bits per heavy atom. The maximum atomic E-state index is 10.5. The standard InChI is InChI=1S/C18H18O6/c1-18(20)8-12(10-4-3-5-13(21-2)17(10)19)11-6-15-16(23-9-22-15)7-14(11)24-18/h3-7,12,19-20H,8-9H2,1-2H3/t12-,18+/m0/s1. The minimum Gasteiger partial charge on any atom is -0.504 e. The Morgan fingerprint density at radius 1 is 1.12 bits per heavy atom. The molecular weight excluding hydrogens is 312 g/mol. The van der Waals surface area contributed by atoms with Gasteiger partial charge < -0.3 is 29.2 Å². The molecule has 0 fully saturated rings. The molecule has 2 aromatic carbocycles. The third kappa shape index (κ3) is 2.30. The molecule has 0 aromatic heterocycles. The average Bonchev–Trinajstić information content (AvgIpc) is 2.99. The van der Waals surface area contributed by atoms with E-state index in [1.165, 1.54) is 7.11 Å². The molecule has 0 aliphatic carbocycles. The summed E-state index contributed by atoms with van der Waals surface area (Å²) < 4.78 is 21.7. The van der Waals surface area contributed by atoms with Gasteiger partial charge in [-0.3, -0.25) is 0 Å². The van der Waals surface area contributed by atoms with E-state index in [0.717, 1.165) is 5.56 Å². The maximum absolute atomic E-state index is 10.5. The molecule has 2 aliphatic heterocycles. The molecule has 6 heteroatoms. The topological polar surface area (TPSA) is 77.4 Å². The Labute approximate surface area is 139 Å². The average molecular weight is 330 g/mol. The Bertz CT molecular complexity index is 798. The number of aromatic hydroxyl groups is 1. The fraction of sp³-hybridized carbons (Fsp3) is 0.333. The second kappa shape index (κ2) is 5.21. The van der Waals surface area contributed by atoms with E-state index in [0.29, 0.717) is 35.0 Å². The van der Waals surface area contributed by atoms with Crippen LogP contribution in [0.4, 0.5) is 0 Å². The summed E-state index contributed by atoms with van der Waals surface area (Å²) in [7, 11) is 1.50. The SMILES string of the molecule is COc1cccc([C@@H]2C[C@](C)(O)Oc3cc4c(cc32)OCO4)c1O. The first kappa shape index (κ1) is 15.0. The van der Waals surface area contributed by atoms with Gasteiger partial charge in [-0.15, -0.1) is 0 Å². The van der Waals surface area contributed by atoms with E-state index >= 15 is 0 Å². The van der Waals surface area contributed by atoms with Gasteiger partial charge in [-0.05, 0) is 12.1 Å². The van der Waals surface area contributed by atoms with Crippen molar-refractivity contribution in [1.29, 1.82) is 0 Å². The van der Waals surface area contributed by atoms with E-state index in [4.69, 9.17) is 18.9 Å². The molecule has 24 heavy (non-hydrogen) atoms. The van der Waals surface area contributed by atoms with E-state index in [9.17, 15) is 10.2 Å². The number of hydrogen-bond acceptors (Lipinski definition) is 6. The Kier molecular flexibility index (Phi) is 3.25. The Hall–Kier alpha value is -2.60. The maximum Gasteiger partial charge on any atom is 0.231 e. The fourth-order valence-electron chi connectivity index (χ4n) is 3.33. The lowest BCUT2D eigenvalue weighted by atomic mass is 9.82. The van der Waals surface area contributed by atoms with E-state index in [-0.39, 0.29) is 18.5 Å². The van der Waals surface area contributed by atoms with Gasteiger partial charge in [0, 0.05) is 36.5 Å². The molecule has 0 bridgehead atoms. The summed E-state index contributed by atoms with van der Waals surface area (Å²) in [5.74, 6) is 0.551. The molecule has 2 aromatic rings. The molecule has 2 aliphatic rings. The number of para-hydroxylation sites is 1. The summed E-state index contributed by atoms with van der Waals surface area (Å²) in [6.07, 6.45) is 0.292. The highest BCUT2D eigenvalue weighted by molar-refractivity contribution is 5.58. The molecule has 0 radical (unpaired) electrons. The lowest BCUT2D eigenvalue weighted by molar-refractivity contribution is -0.137. The van der Waals surface area contributed by atoms with Gasteiger partial charge in [0.25, 0.3) is 0 Å². The van der Waals surface area contributed by atoms with E-state index in [1.54, 1.807) is 19.1 Å². The highest BCUT2D eigenvalue weighted by Gasteiger charge is 2.39. The highest BCUT2D eigenvalue weighted by Crippen LogP contribution is 2.51. The van der Waals surface area contributed by atoms with Gasteiger partial charge in [-0.2, -0.15) is 0 Å². The number of benzene rings is 2. The van der Waals surface area contributed by atoms with Crippen LogP contribution in [0.5, 0.6) is 28.7 Å². The largest absolute Gasteiger partial charge is 0.504 e. The van der Waals surface area contributed by atoms with Crippen LogP contribution in [-0.2, 0) is 0 Å². The summed E-state index contributed by atoms with van der Waals surface area (Å²) in [5, 5.41) is 21.0. The van der Waals surface area contributed by atoms with E-state index in [2.05, 4.69) is 0 Å². The van der Waals surface area contributed by atoms with Gasteiger partial charge in [0.05, 0.1) is 7.11 Å². The van der Waals surface area contributed by atoms with Gasteiger partial charge in [0.1, 0.15) is 5.75 Å². The molecule has 126 valence electrons. The van der Waals surface area contributed by atoms with Gasteiger partial charge in [0.15, 0.2) is 23.0 Å². The first-order valence-corrected chi connectivity index (χ1v) is 7.69. The van der Waals surface area contributed by atoms with Crippen LogP contribution in [-0.4, -0.2) is 29.9 Å². The quantitative estimate of drug-likeness (QED) is 0.882.